The van der Waals surface area contributed by atoms with E-state index in [9.17, 15) is 5.11 Å². The Morgan fingerprint density at radius 3 is 2.70 bits per heavy atom. The van der Waals surface area contributed by atoms with Gasteiger partial charge in [-0.3, -0.25) is 0 Å². The summed E-state index contributed by atoms with van der Waals surface area (Å²) in [5.41, 5.74) is 3.33. The molecule has 100 valence electrons. The Labute approximate surface area is 116 Å². The topological polar surface area (TPSA) is 62.8 Å². The monoisotopic (exact) mass is 266 g/mol. The lowest BCUT2D eigenvalue weighted by Crippen LogP contribution is -1.85. The number of azo groups is 1. The van der Waals surface area contributed by atoms with Gasteiger partial charge in [0.15, 0.2) is 0 Å². The van der Waals surface area contributed by atoms with Gasteiger partial charge in [0.2, 0.25) is 5.95 Å². The van der Waals surface area contributed by atoms with Gasteiger partial charge in [-0.1, -0.05) is 18.2 Å². The van der Waals surface area contributed by atoms with E-state index in [1.165, 1.54) is 0 Å². The summed E-state index contributed by atoms with van der Waals surface area (Å²) in [6.07, 6.45) is 0. The number of rotatable bonds is 2. The molecule has 0 radical (unpaired) electrons. The number of imidazole rings is 1. The molecule has 5 heteroatoms. The summed E-state index contributed by atoms with van der Waals surface area (Å²) in [6.45, 7) is 1.94. The van der Waals surface area contributed by atoms with E-state index in [0.29, 0.717) is 11.6 Å². The second-order valence-corrected chi connectivity index (χ2v) is 4.65. The van der Waals surface area contributed by atoms with Crippen LogP contribution in [0.25, 0.3) is 11.0 Å². The van der Waals surface area contributed by atoms with Crippen molar-refractivity contribution in [2.75, 3.05) is 0 Å². The summed E-state index contributed by atoms with van der Waals surface area (Å²) in [4.78, 5) is 4.40. The van der Waals surface area contributed by atoms with Crippen LogP contribution in [0.5, 0.6) is 5.75 Å². The van der Waals surface area contributed by atoms with Crippen LogP contribution in [0.3, 0.4) is 0 Å². The molecule has 3 aromatic rings. The van der Waals surface area contributed by atoms with Crippen LogP contribution in [0.4, 0.5) is 11.6 Å². The number of nitrogens with zero attached hydrogens (tertiary/aromatic N) is 4. The van der Waals surface area contributed by atoms with Gasteiger partial charge in [0, 0.05) is 7.05 Å². The number of aryl methyl sites for hydroxylation is 2. The van der Waals surface area contributed by atoms with Gasteiger partial charge in [-0.2, -0.15) is 0 Å². The quantitative estimate of drug-likeness (QED) is 0.712. The molecular formula is C15H14N4O. The summed E-state index contributed by atoms with van der Waals surface area (Å²) in [5, 5.41) is 18.0. The fraction of sp³-hybridized carbons (Fsp3) is 0.133. The third-order valence-corrected chi connectivity index (χ3v) is 3.14. The number of phenols is 1. The number of phenolic OH excluding ortho intramolecular Hbond substituents is 1. The highest BCUT2D eigenvalue weighted by Gasteiger charge is 2.06. The van der Waals surface area contributed by atoms with Crippen LogP contribution < -0.4 is 0 Å². The first-order valence-corrected chi connectivity index (χ1v) is 6.28. The van der Waals surface area contributed by atoms with Crippen LogP contribution in [-0.2, 0) is 7.05 Å². The van der Waals surface area contributed by atoms with Crippen molar-refractivity contribution in [3.63, 3.8) is 0 Å². The number of fused-ring (bicyclic) bond motifs is 1. The zero-order valence-corrected chi connectivity index (χ0v) is 11.3. The van der Waals surface area contributed by atoms with Crippen molar-refractivity contribution < 1.29 is 5.11 Å². The SMILES string of the molecule is Cc1ccc(O)c(N=Nc2nc3ccccc3n2C)c1. The van der Waals surface area contributed by atoms with Crippen molar-refractivity contribution in [3.8, 4) is 5.75 Å². The predicted octanol–water partition coefficient (Wildman–Crippen LogP) is 4.00. The van der Waals surface area contributed by atoms with Crippen molar-refractivity contribution in [2.45, 2.75) is 6.92 Å². The molecule has 0 bridgehead atoms. The molecule has 1 N–H and O–H groups in total. The molecule has 0 fully saturated rings. The fourth-order valence-electron chi connectivity index (χ4n) is 2.03. The lowest BCUT2D eigenvalue weighted by Gasteiger charge is -1.99. The molecule has 0 saturated carbocycles. The molecule has 5 nitrogen and oxygen atoms in total. The summed E-state index contributed by atoms with van der Waals surface area (Å²) < 4.78 is 1.87. The average molecular weight is 266 g/mol. The standard InChI is InChI=1S/C15H14N4O/c1-10-7-8-14(20)12(9-10)17-18-15-16-11-5-3-4-6-13(11)19(15)2/h3-9,20H,1-2H3. The number of aromatic nitrogens is 2. The number of aromatic hydroxyl groups is 1. The largest absolute Gasteiger partial charge is 0.506 e. The third kappa shape index (κ3) is 2.14. The van der Waals surface area contributed by atoms with Gasteiger partial charge in [-0.25, -0.2) is 4.98 Å². The normalized spacial score (nSPS) is 11.5. The molecule has 3 rings (SSSR count). The van der Waals surface area contributed by atoms with Crippen molar-refractivity contribution >= 4 is 22.7 Å². The maximum absolute atomic E-state index is 9.74. The lowest BCUT2D eigenvalue weighted by atomic mass is 10.2. The molecule has 0 amide bonds. The van der Waals surface area contributed by atoms with Gasteiger partial charge < -0.3 is 9.67 Å². The minimum absolute atomic E-state index is 0.109. The first kappa shape index (κ1) is 12.3. The summed E-state index contributed by atoms with van der Waals surface area (Å²) in [7, 11) is 1.89. The molecule has 2 aromatic carbocycles. The van der Waals surface area contributed by atoms with Gasteiger partial charge in [-0.05, 0) is 36.8 Å². The van der Waals surface area contributed by atoms with Gasteiger partial charge in [0.25, 0.3) is 0 Å². The summed E-state index contributed by atoms with van der Waals surface area (Å²) in [5.74, 6) is 0.616. The van der Waals surface area contributed by atoms with Gasteiger partial charge in [-0.15, -0.1) is 10.2 Å². The van der Waals surface area contributed by atoms with E-state index in [2.05, 4.69) is 15.2 Å². The smallest absolute Gasteiger partial charge is 0.250 e. The number of para-hydroxylation sites is 2. The Morgan fingerprint density at radius 2 is 1.90 bits per heavy atom. The van der Waals surface area contributed by atoms with Crippen LogP contribution >= 0.6 is 0 Å². The van der Waals surface area contributed by atoms with E-state index in [1.807, 2.05) is 48.9 Å². The highest BCUT2D eigenvalue weighted by molar-refractivity contribution is 5.77. The number of hydrogen-bond donors (Lipinski definition) is 1. The molecule has 0 spiro atoms. The van der Waals surface area contributed by atoms with E-state index < -0.39 is 0 Å². The van der Waals surface area contributed by atoms with Crippen LogP contribution in [-0.4, -0.2) is 14.7 Å². The fourth-order valence-corrected chi connectivity index (χ4v) is 2.03. The molecular weight excluding hydrogens is 252 g/mol. The Kier molecular flexibility index (Phi) is 2.95. The summed E-state index contributed by atoms with van der Waals surface area (Å²) >= 11 is 0. The Bertz CT molecular complexity index is 805. The molecule has 1 aromatic heterocycles. The first-order valence-electron chi connectivity index (χ1n) is 6.28. The Morgan fingerprint density at radius 1 is 1.10 bits per heavy atom. The van der Waals surface area contributed by atoms with E-state index >= 15 is 0 Å². The van der Waals surface area contributed by atoms with E-state index in [1.54, 1.807) is 12.1 Å². The maximum atomic E-state index is 9.74. The zero-order valence-electron chi connectivity index (χ0n) is 11.3. The predicted molar refractivity (Wildman–Crippen MR) is 77.7 cm³/mol. The molecule has 1 heterocycles. The molecule has 0 aliphatic carbocycles. The Hall–Kier alpha value is -2.69. The van der Waals surface area contributed by atoms with Crippen LogP contribution in [0, 0.1) is 6.92 Å². The van der Waals surface area contributed by atoms with Crippen LogP contribution in [0.15, 0.2) is 52.7 Å². The minimum atomic E-state index is 0.109. The van der Waals surface area contributed by atoms with E-state index in [-0.39, 0.29) is 5.75 Å². The Balaban J connectivity index is 2.02. The molecule has 0 unspecified atom stereocenters. The average Bonchev–Trinajstić information content (AvgIpc) is 2.77. The number of benzene rings is 2. The third-order valence-electron chi connectivity index (χ3n) is 3.14. The van der Waals surface area contributed by atoms with Gasteiger partial charge in [0.05, 0.1) is 11.0 Å². The molecule has 0 saturated heterocycles. The van der Waals surface area contributed by atoms with E-state index in [4.69, 9.17) is 0 Å². The van der Waals surface area contributed by atoms with Gasteiger partial charge in [0.1, 0.15) is 11.4 Å². The first-order chi connectivity index (χ1) is 9.65. The summed E-state index contributed by atoms with van der Waals surface area (Å²) in [6, 6.07) is 13.0. The van der Waals surface area contributed by atoms with Crippen molar-refractivity contribution in [1.82, 2.24) is 9.55 Å². The van der Waals surface area contributed by atoms with Gasteiger partial charge >= 0.3 is 0 Å². The van der Waals surface area contributed by atoms with Crippen molar-refractivity contribution in [3.05, 3.63) is 48.0 Å². The molecule has 0 atom stereocenters. The van der Waals surface area contributed by atoms with E-state index in [0.717, 1.165) is 16.6 Å². The second-order valence-electron chi connectivity index (χ2n) is 4.65. The van der Waals surface area contributed by atoms with Crippen LogP contribution in [0.2, 0.25) is 0 Å². The van der Waals surface area contributed by atoms with Crippen molar-refractivity contribution in [1.29, 1.82) is 0 Å². The second kappa shape index (κ2) is 4.77. The van der Waals surface area contributed by atoms with Crippen LogP contribution in [0.1, 0.15) is 5.56 Å². The molecule has 20 heavy (non-hydrogen) atoms. The zero-order chi connectivity index (χ0) is 14.1. The maximum Gasteiger partial charge on any atom is 0.250 e. The minimum Gasteiger partial charge on any atom is -0.506 e. The highest BCUT2D eigenvalue weighted by atomic mass is 16.3. The molecule has 0 aliphatic heterocycles. The highest BCUT2D eigenvalue weighted by Crippen LogP contribution is 2.29. The number of hydrogen-bond acceptors (Lipinski definition) is 4. The van der Waals surface area contributed by atoms with Crippen molar-refractivity contribution in [2.24, 2.45) is 17.3 Å². The molecule has 0 aliphatic rings. The lowest BCUT2D eigenvalue weighted by molar-refractivity contribution is 0.476.